The average Bonchev–Trinajstić information content (AvgIpc) is 3.13. The van der Waals surface area contributed by atoms with Crippen LogP contribution in [0, 0.1) is 0 Å². The molecule has 1 aliphatic carbocycles. The van der Waals surface area contributed by atoms with Gasteiger partial charge in [0.15, 0.2) is 5.78 Å². The number of carbonyl (C=O) groups is 1. The van der Waals surface area contributed by atoms with E-state index in [9.17, 15) is 4.79 Å². The van der Waals surface area contributed by atoms with Gasteiger partial charge in [-0.05, 0) is 47.7 Å². The van der Waals surface area contributed by atoms with Gasteiger partial charge in [0.25, 0.3) is 5.78 Å². The van der Waals surface area contributed by atoms with Crippen molar-refractivity contribution in [3.63, 3.8) is 0 Å². The summed E-state index contributed by atoms with van der Waals surface area (Å²) in [5.74, 6) is 1.34. The summed E-state index contributed by atoms with van der Waals surface area (Å²) >= 11 is 13.7. The zero-order chi connectivity index (χ0) is 20.7. The molecule has 0 bridgehead atoms. The van der Waals surface area contributed by atoms with Crippen molar-refractivity contribution < 1.29 is 4.79 Å². The van der Waals surface area contributed by atoms with Crippen LogP contribution in [0.1, 0.15) is 39.5 Å². The first-order valence-electron chi connectivity index (χ1n) is 9.47. The Labute approximate surface area is 187 Å². The number of ketones is 1. The number of benzene rings is 2. The minimum Gasteiger partial charge on any atom is -0.294 e. The number of thioether (sulfide) groups is 1. The molecule has 150 valence electrons. The van der Waals surface area contributed by atoms with Gasteiger partial charge in [-0.3, -0.25) is 4.79 Å². The Kier molecular flexibility index (Phi) is 5.23. The maximum atomic E-state index is 12.8. The second kappa shape index (κ2) is 8.02. The SMILES string of the molecule is O=C1C[C@@H](c2cccc(Cl)c2)Cc2nc3nc(SCc4cccc(Cl)c4)nn3cc21. The van der Waals surface area contributed by atoms with Crippen LogP contribution >= 0.6 is 35.0 Å². The molecule has 8 heteroatoms. The number of Topliss-reactive ketones (excluding diaryl/α,β-unsaturated/α-hetero) is 1. The topological polar surface area (TPSA) is 60.2 Å². The lowest BCUT2D eigenvalue weighted by molar-refractivity contribution is 0.0962. The maximum Gasteiger partial charge on any atom is 0.253 e. The van der Waals surface area contributed by atoms with Crippen molar-refractivity contribution in [2.24, 2.45) is 0 Å². The minimum absolute atomic E-state index is 0.0678. The quantitative estimate of drug-likeness (QED) is 0.373. The van der Waals surface area contributed by atoms with E-state index in [1.54, 1.807) is 10.7 Å². The molecule has 30 heavy (non-hydrogen) atoms. The summed E-state index contributed by atoms with van der Waals surface area (Å²) in [4.78, 5) is 22.0. The van der Waals surface area contributed by atoms with Crippen LogP contribution in [0.5, 0.6) is 0 Å². The molecule has 2 aromatic carbocycles. The zero-order valence-electron chi connectivity index (χ0n) is 15.8. The van der Waals surface area contributed by atoms with Gasteiger partial charge in [0.2, 0.25) is 5.16 Å². The number of hydrogen-bond donors (Lipinski definition) is 0. The predicted octanol–water partition coefficient (Wildman–Crippen LogP) is 5.64. The molecule has 1 aliphatic rings. The second-order valence-corrected chi connectivity index (χ2v) is 9.06. The fraction of sp³-hybridized carbons (Fsp3) is 0.182. The number of aromatic nitrogens is 4. The number of fused-ring (bicyclic) bond motifs is 2. The summed E-state index contributed by atoms with van der Waals surface area (Å²) in [5.41, 5.74) is 3.54. The van der Waals surface area contributed by atoms with Crippen LogP contribution in [0.25, 0.3) is 5.78 Å². The summed E-state index contributed by atoms with van der Waals surface area (Å²) in [5, 5.41) is 6.48. The van der Waals surface area contributed by atoms with Crippen molar-refractivity contribution in [3.05, 3.63) is 87.2 Å². The standard InChI is InChI=1S/C22H16Cl2N4OS/c23-16-5-1-3-13(7-16)12-30-22-26-21-25-19-9-15(14-4-2-6-17(24)8-14)10-20(29)18(19)11-28(21)27-22/h1-8,11,15H,9-10,12H2/t15-/m0/s1. The van der Waals surface area contributed by atoms with Crippen molar-refractivity contribution in [1.82, 2.24) is 19.6 Å². The molecule has 0 N–H and O–H groups in total. The summed E-state index contributed by atoms with van der Waals surface area (Å²) in [6, 6.07) is 15.4. The molecule has 0 unspecified atom stereocenters. The highest BCUT2D eigenvalue weighted by Crippen LogP contribution is 2.33. The Morgan fingerprint density at radius 2 is 1.83 bits per heavy atom. The van der Waals surface area contributed by atoms with E-state index in [2.05, 4.69) is 15.1 Å². The molecule has 0 aliphatic heterocycles. The predicted molar refractivity (Wildman–Crippen MR) is 119 cm³/mol. The van der Waals surface area contributed by atoms with Crippen LogP contribution < -0.4 is 0 Å². The van der Waals surface area contributed by atoms with Gasteiger partial charge in [0, 0.05) is 28.4 Å². The van der Waals surface area contributed by atoms with Gasteiger partial charge < -0.3 is 0 Å². The van der Waals surface area contributed by atoms with Crippen molar-refractivity contribution in [2.75, 3.05) is 0 Å². The van der Waals surface area contributed by atoms with Crippen molar-refractivity contribution in [1.29, 1.82) is 0 Å². The van der Waals surface area contributed by atoms with E-state index in [4.69, 9.17) is 23.2 Å². The van der Waals surface area contributed by atoms with Crippen molar-refractivity contribution >= 4 is 46.5 Å². The summed E-state index contributed by atoms with van der Waals surface area (Å²) in [6.07, 6.45) is 2.87. The van der Waals surface area contributed by atoms with Crippen LogP contribution in [-0.2, 0) is 12.2 Å². The molecule has 2 aromatic heterocycles. The number of rotatable bonds is 4. The molecule has 0 saturated carbocycles. The second-order valence-electron chi connectivity index (χ2n) is 7.24. The first-order chi connectivity index (χ1) is 14.5. The van der Waals surface area contributed by atoms with Gasteiger partial charge in [-0.2, -0.15) is 4.98 Å². The van der Waals surface area contributed by atoms with E-state index >= 15 is 0 Å². The number of carbonyl (C=O) groups excluding carboxylic acids is 1. The normalized spacial score (nSPS) is 16.1. The smallest absolute Gasteiger partial charge is 0.253 e. The van der Waals surface area contributed by atoms with Crippen LogP contribution in [0.15, 0.2) is 59.9 Å². The molecule has 0 amide bonds. The molecule has 1 atom stereocenters. The highest BCUT2D eigenvalue weighted by Gasteiger charge is 2.28. The van der Waals surface area contributed by atoms with Crippen LogP contribution in [0.4, 0.5) is 0 Å². The van der Waals surface area contributed by atoms with E-state index in [0.717, 1.165) is 16.8 Å². The lowest BCUT2D eigenvalue weighted by atomic mass is 9.82. The molecule has 2 heterocycles. The van der Waals surface area contributed by atoms with Gasteiger partial charge in [-0.25, -0.2) is 9.50 Å². The van der Waals surface area contributed by atoms with Crippen molar-refractivity contribution in [3.8, 4) is 0 Å². The van der Waals surface area contributed by atoms with E-state index in [-0.39, 0.29) is 11.7 Å². The van der Waals surface area contributed by atoms with Crippen LogP contribution in [0.3, 0.4) is 0 Å². The third-order valence-corrected chi connectivity index (χ3v) is 6.52. The third kappa shape index (κ3) is 3.95. The summed E-state index contributed by atoms with van der Waals surface area (Å²) in [6.45, 7) is 0. The van der Waals surface area contributed by atoms with Gasteiger partial charge in [0.05, 0.1) is 11.3 Å². The lowest BCUT2D eigenvalue weighted by Gasteiger charge is -2.23. The molecule has 0 fully saturated rings. The van der Waals surface area contributed by atoms with Gasteiger partial charge in [-0.15, -0.1) is 5.10 Å². The molecule has 0 spiro atoms. The Morgan fingerprint density at radius 3 is 2.63 bits per heavy atom. The molecular formula is C22H16Cl2N4OS. The lowest BCUT2D eigenvalue weighted by Crippen LogP contribution is -2.21. The molecular weight excluding hydrogens is 439 g/mol. The molecule has 5 nitrogen and oxygen atoms in total. The fourth-order valence-electron chi connectivity index (χ4n) is 3.70. The summed E-state index contributed by atoms with van der Waals surface area (Å²) in [7, 11) is 0. The first-order valence-corrected chi connectivity index (χ1v) is 11.2. The van der Waals surface area contributed by atoms with Gasteiger partial charge in [-0.1, -0.05) is 59.2 Å². The van der Waals surface area contributed by atoms with E-state index in [0.29, 0.717) is 45.1 Å². The van der Waals surface area contributed by atoms with E-state index in [1.807, 2.05) is 48.5 Å². The van der Waals surface area contributed by atoms with Crippen LogP contribution in [0.2, 0.25) is 10.0 Å². The third-order valence-electron chi connectivity index (χ3n) is 5.14. The van der Waals surface area contributed by atoms with Crippen LogP contribution in [-0.4, -0.2) is 25.4 Å². The largest absolute Gasteiger partial charge is 0.294 e. The zero-order valence-corrected chi connectivity index (χ0v) is 18.1. The Balaban J connectivity index is 1.41. The Bertz CT molecular complexity index is 1270. The number of nitrogens with zero attached hydrogens (tertiary/aromatic N) is 4. The van der Waals surface area contributed by atoms with E-state index < -0.39 is 0 Å². The molecule has 4 aromatic rings. The number of hydrogen-bond acceptors (Lipinski definition) is 5. The van der Waals surface area contributed by atoms with Crippen molar-refractivity contribution in [2.45, 2.75) is 29.7 Å². The minimum atomic E-state index is 0.0678. The van der Waals surface area contributed by atoms with Gasteiger partial charge in [0.1, 0.15) is 0 Å². The average molecular weight is 455 g/mol. The first kappa shape index (κ1) is 19.5. The molecule has 5 rings (SSSR count). The Morgan fingerprint density at radius 1 is 1.03 bits per heavy atom. The van der Waals surface area contributed by atoms with E-state index in [1.165, 1.54) is 11.8 Å². The monoisotopic (exact) mass is 454 g/mol. The number of halogens is 2. The van der Waals surface area contributed by atoms with Gasteiger partial charge >= 0.3 is 0 Å². The summed E-state index contributed by atoms with van der Waals surface area (Å²) < 4.78 is 1.59. The Hall–Kier alpha value is -2.41. The molecule has 0 saturated heterocycles. The maximum absolute atomic E-state index is 12.8. The highest BCUT2D eigenvalue weighted by atomic mass is 35.5. The fourth-order valence-corrected chi connectivity index (χ4v) is 4.88. The molecule has 0 radical (unpaired) electrons. The highest BCUT2D eigenvalue weighted by molar-refractivity contribution is 7.98.